The first-order chi connectivity index (χ1) is 9.06. The van der Waals surface area contributed by atoms with Crippen LogP contribution < -0.4 is 11.1 Å². The summed E-state index contributed by atoms with van der Waals surface area (Å²) in [5, 5.41) is 7.28. The number of amides is 1. The maximum absolute atomic E-state index is 11.7. The van der Waals surface area contributed by atoms with E-state index >= 15 is 0 Å². The number of imidazole rings is 1. The van der Waals surface area contributed by atoms with Crippen LogP contribution in [-0.4, -0.2) is 31.3 Å². The number of carbonyl (C=O) groups excluding carboxylic acids is 1. The summed E-state index contributed by atoms with van der Waals surface area (Å²) in [5.41, 5.74) is 8.44. The van der Waals surface area contributed by atoms with E-state index in [1.54, 1.807) is 4.68 Å². The van der Waals surface area contributed by atoms with Gasteiger partial charge in [-0.05, 0) is 19.8 Å². The molecule has 2 aromatic heterocycles. The third-order valence-corrected chi connectivity index (χ3v) is 3.42. The van der Waals surface area contributed by atoms with Gasteiger partial charge >= 0.3 is 0 Å². The number of fused-ring (bicyclic) bond motifs is 1. The van der Waals surface area contributed by atoms with Crippen LogP contribution in [0.1, 0.15) is 25.0 Å². The zero-order valence-electron chi connectivity index (χ0n) is 11.2. The van der Waals surface area contributed by atoms with Crippen molar-refractivity contribution in [3.8, 4) is 0 Å². The van der Waals surface area contributed by atoms with Gasteiger partial charge in [0.1, 0.15) is 5.52 Å². The van der Waals surface area contributed by atoms with E-state index in [0.29, 0.717) is 25.0 Å². The SMILES string of the molecule is Cc1nn(C)c2c1nc(N)n2CCC(=O)NC1CC1. The van der Waals surface area contributed by atoms with Crippen molar-refractivity contribution >= 4 is 23.0 Å². The van der Waals surface area contributed by atoms with Crippen LogP contribution in [0.15, 0.2) is 0 Å². The molecule has 0 radical (unpaired) electrons. The molecule has 1 amide bonds. The van der Waals surface area contributed by atoms with Gasteiger partial charge in [-0.3, -0.25) is 14.0 Å². The first kappa shape index (κ1) is 12.0. The summed E-state index contributed by atoms with van der Waals surface area (Å²) in [4.78, 5) is 16.0. The second-order valence-electron chi connectivity index (χ2n) is 5.09. The highest BCUT2D eigenvalue weighted by Gasteiger charge is 2.23. The van der Waals surface area contributed by atoms with Crippen molar-refractivity contribution in [1.29, 1.82) is 0 Å². The maximum atomic E-state index is 11.7. The van der Waals surface area contributed by atoms with Gasteiger partial charge in [0.2, 0.25) is 11.9 Å². The number of nitrogen functional groups attached to an aromatic ring is 1. The zero-order valence-corrected chi connectivity index (χ0v) is 11.2. The van der Waals surface area contributed by atoms with Crippen molar-refractivity contribution in [2.75, 3.05) is 5.73 Å². The first-order valence-electron chi connectivity index (χ1n) is 6.51. The third-order valence-electron chi connectivity index (χ3n) is 3.42. The van der Waals surface area contributed by atoms with E-state index in [9.17, 15) is 4.79 Å². The van der Waals surface area contributed by atoms with Gasteiger partial charge in [-0.1, -0.05) is 0 Å². The summed E-state index contributed by atoms with van der Waals surface area (Å²) in [5.74, 6) is 0.507. The fourth-order valence-electron chi connectivity index (χ4n) is 2.31. The molecule has 3 N–H and O–H groups in total. The van der Waals surface area contributed by atoms with E-state index in [-0.39, 0.29) is 5.91 Å². The lowest BCUT2D eigenvalue weighted by molar-refractivity contribution is -0.121. The Bertz CT molecular complexity index is 636. The number of nitrogens with two attached hydrogens (primary N) is 1. The molecule has 1 aliphatic carbocycles. The Kier molecular flexibility index (Phi) is 2.69. The van der Waals surface area contributed by atoms with Crippen LogP contribution in [-0.2, 0) is 18.4 Å². The van der Waals surface area contributed by atoms with Crippen molar-refractivity contribution in [3.05, 3.63) is 5.69 Å². The van der Waals surface area contributed by atoms with Gasteiger partial charge in [0, 0.05) is 26.1 Å². The van der Waals surface area contributed by atoms with E-state index in [4.69, 9.17) is 5.73 Å². The smallest absolute Gasteiger partial charge is 0.222 e. The molecule has 2 aromatic rings. The summed E-state index contributed by atoms with van der Waals surface area (Å²) < 4.78 is 3.61. The number of nitrogens with zero attached hydrogens (tertiary/aromatic N) is 4. The Hall–Kier alpha value is -2.05. The lowest BCUT2D eigenvalue weighted by Gasteiger charge is -2.07. The fourth-order valence-corrected chi connectivity index (χ4v) is 2.31. The van der Waals surface area contributed by atoms with Crippen LogP contribution in [0.4, 0.5) is 5.95 Å². The topological polar surface area (TPSA) is 90.8 Å². The fraction of sp³-hybridized carbons (Fsp3) is 0.583. The van der Waals surface area contributed by atoms with Crippen molar-refractivity contribution < 1.29 is 4.79 Å². The van der Waals surface area contributed by atoms with Crippen LogP contribution in [0.2, 0.25) is 0 Å². The van der Waals surface area contributed by atoms with Gasteiger partial charge in [0.15, 0.2) is 5.65 Å². The average molecular weight is 262 g/mol. The van der Waals surface area contributed by atoms with Gasteiger partial charge < -0.3 is 11.1 Å². The van der Waals surface area contributed by atoms with Gasteiger partial charge in [0.25, 0.3) is 0 Å². The van der Waals surface area contributed by atoms with E-state index in [2.05, 4.69) is 15.4 Å². The standard InChI is InChI=1S/C12H18N6O/c1-7-10-11(17(2)16-7)18(12(13)15-10)6-5-9(19)14-8-3-4-8/h8H,3-6H2,1-2H3,(H2,13,15)(H,14,19). The molecular formula is C12H18N6O. The van der Waals surface area contributed by atoms with E-state index in [0.717, 1.165) is 29.7 Å². The van der Waals surface area contributed by atoms with E-state index < -0.39 is 0 Å². The summed E-state index contributed by atoms with van der Waals surface area (Å²) >= 11 is 0. The van der Waals surface area contributed by atoms with E-state index in [1.165, 1.54) is 0 Å². The number of hydrogen-bond donors (Lipinski definition) is 2. The lowest BCUT2D eigenvalue weighted by Crippen LogP contribution is -2.26. The Labute approximate surface area is 110 Å². The zero-order chi connectivity index (χ0) is 13.6. The quantitative estimate of drug-likeness (QED) is 0.830. The minimum absolute atomic E-state index is 0.0719. The van der Waals surface area contributed by atoms with E-state index in [1.807, 2.05) is 18.5 Å². The molecule has 19 heavy (non-hydrogen) atoms. The molecule has 0 bridgehead atoms. The second kappa shape index (κ2) is 4.25. The predicted octanol–water partition coefficient (Wildman–Crippen LogP) is 0.329. The summed E-state index contributed by atoms with van der Waals surface area (Å²) in [7, 11) is 1.86. The number of carbonyl (C=O) groups is 1. The predicted molar refractivity (Wildman–Crippen MR) is 71.4 cm³/mol. The van der Waals surface area contributed by atoms with Gasteiger partial charge in [-0.25, -0.2) is 4.98 Å². The van der Waals surface area contributed by atoms with Crippen LogP contribution in [0.5, 0.6) is 0 Å². The van der Waals surface area contributed by atoms with Gasteiger partial charge in [-0.15, -0.1) is 0 Å². The number of aromatic nitrogens is 4. The second-order valence-corrected chi connectivity index (χ2v) is 5.09. The van der Waals surface area contributed by atoms with Crippen LogP contribution in [0.3, 0.4) is 0 Å². The summed E-state index contributed by atoms with van der Waals surface area (Å²) in [6, 6.07) is 0.395. The Balaban J connectivity index is 1.79. The molecule has 0 spiro atoms. The van der Waals surface area contributed by atoms with Crippen molar-refractivity contribution in [1.82, 2.24) is 24.6 Å². The molecule has 0 atom stereocenters. The molecule has 7 heteroatoms. The molecule has 2 heterocycles. The van der Waals surface area contributed by atoms with Crippen molar-refractivity contribution in [2.45, 2.75) is 38.8 Å². The average Bonchev–Trinajstić information content (AvgIpc) is 3.02. The molecular weight excluding hydrogens is 244 g/mol. The third kappa shape index (κ3) is 2.16. The van der Waals surface area contributed by atoms with Gasteiger partial charge in [-0.2, -0.15) is 5.10 Å². The largest absolute Gasteiger partial charge is 0.369 e. The van der Waals surface area contributed by atoms with Crippen LogP contribution in [0.25, 0.3) is 11.2 Å². The molecule has 1 saturated carbocycles. The molecule has 0 saturated heterocycles. The molecule has 0 unspecified atom stereocenters. The maximum Gasteiger partial charge on any atom is 0.222 e. The van der Waals surface area contributed by atoms with Crippen LogP contribution in [0, 0.1) is 6.92 Å². The highest BCUT2D eigenvalue weighted by atomic mass is 16.1. The summed E-state index contributed by atoms with van der Waals surface area (Å²) in [6.45, 7) is 2.43. The molecule has 0 aromatic carbocycles. The first-order valence-corrected chi connectivity index (χ1v) is 6.51. The summed E-state index contributed by atoms with van der Waals surface area (Å²) in [6.07, 6.45) is 2.62. The number of anilines is 1. The Morgan fingerprint density at radius 2 is 2.26 bits per heavy atom. The highest BCUT2D eigenvalue weighted by molar-refractivity contribution is 5.79. The van der Waals surface area contributed by atoms with Crippen molar-refractivity contribution in [2.24, 2.45) is 7.05 Å². The minimum Gasteiger partial charge on any atom is -0.369 e. The molecule has 0 aliphatic heterocycles. The molecule has 102 valence electrons. The molecule has 3 rings (SSSR count). The molecule has 7 nitrogen and oxygen atoms in total. The van der Waals surface area contributed by atoms with Crippen molar-refractivity contribution in [3.63, 3.8) is 0 Å². The monoisotopic (exact) mass is 262 g/mol. The van der Waals surface area contributed by atoms with Crippen LogP contribution >= 0.6 is 0 Å². The molecule has 1 fully saturated rings. The molecule has 1 aliphatic rings. The number of aryl methyl sites for hydroxylation is 3. The normalized spacial score (nSPS) is 15.1. The lowest BCUT2D eigenvalue weighted by atomic mass is 10.3. The highest BCUT2D eigenvalue weighted by Crippen LogP contribution is 2.21. The number of nitrogens with one attached hydrogen (secondary N) is 1. The Morgan fingerprint density at radius 1 is 1.53 bits per heavy atom. The minimum atomic E-state index is 0.0719. The Morgan fingerprint density at radius 3 is 2.95 bits per heavy atom. The number of hydrogen-bond acceptors (Lipinski definition) is 4. The van der Waals surface area contributed by atoms with Gasteiger partial charge in [0.05, 0.1) is 5.69 Å². The number of rotatable bonds is 4.